The third-order valence-electron chi connectivity index (χ3n) is 2.75. The molecule has 1 amide bonds. The van der Waals surface area contributed by atoms with Crippen molar-refractivity contribution < 1.29 is 9.53 Å². The third-order valence-corrected chi connectivity index (χ3v) is 3.82. The summed E-state index contributed by atoms with van der Waals surface area (Å²) in [6.07, 6.45) is 0.185. The van der Waals surface area contributed by atoms with Gasteiger partial charge in [0.25, 0.3) is 0 Å². The van der Waals surface area contributed by atoms with Crippen molar-refractivity contribution >= 4 is 28.8 Å². The molecule has 2 rings (SSSR count). The van der Waals surface area contributed by atoms with Crippen molar-refractivity contribution in [3.63, 3.8) is 0 Å². The molecule has 0 spiro atoms. The Morgan fingerprint density at radius 2 is 2.14 bits per heavy atom. The van der Waals surface area contributed by atoms with Gasteiger partial charge in [-0.1, -0.05) is 11.6 Å². The zero-order valence-corrected chi connectivity index (χ0v) is 13.5. The van der Waals surface area contributed by atoms with Gasteiger partial charge in [-0.3, -0.25) is 4.79 Å². The van der Waals surface area contributed by atoms with Gasteiger partial charge in [-0.15, -0.1) is 11.3 Å². The Morgan fingerprint density at radius 1 is 1.43 bits per heavy atom. The molecule has 1 N–H and O–H groups in total. The lowest BCUT2D eigenvalue weighted by molar-refractivity contribution is -0.120. The van der Waals surface area contributed by atoms with E-state index in [1.54, 1.807) is 35.6 Å². The maximum absolute atomic E-state index is 11.8. The number of hydrogen-bond donors (Lipinski definition) is 1. The molecule has 1 atom stereocenters. The van der Waals surface area contributed by atoms with E-state index in [1.165, 1.54) is 0 Å². The van der Waals surface area contributed by atoms with Gasteiger partial charge in [0, 0.05) is 10.4 Å². The summed E-state index contributed by atoms with van der Waals surface area (Å²) in [5.74, 6) is 0.683. The summed E-state index contributed by atoms with van der Waals surface area (Å²) >= 11 is 7.36. The van der Waals surface area contributed by atoms with Crippen LogP contribution >= 0.6 is 22.9 Å². The molecule has 0 bridgehead atoms. The van der Waals surface area contributed by atoms with Gasteiger partial charge in [-0.05, 0) is 38.1 Å². The lowest BCUT2D eigenvalue weighted by Crippen LogP contribution is -2.34. The van der Waals surface area contributed by atoms with Crippen LogP contribution in [0.3, 0.4) is 0 Å². The molecule has 6 heteroatoms. The Morgan fingerprint density at radius 3 is 2.76 bits per heavy atom. The van der Waals surface area contributed by atoms with Crippen molar-refractivity contribution in [3.8, 4) is 5.75 Å². The van der Waals surface area contributed by atoms with E-state index in [0.29, 0.717) is 18.0 Å². The summed E-state index contributed by atoms with van der Waals surface area (Å²) in [7, 11) is 0. The highest BCUT2D eigenvalue weighted by Crippen LogP contribution is 2.16. The number of aryl methyl sites for hydroxylation is 1. The zero-order valence-electron chi connectivity index (χ0n) is 11.9. The molecule has 112 valence electrons. The van der Waals surface area contributed by atoms with Gasteiger partial charge in [0.05, 0.1) is 23.7 Å². The summed E-state index contributed by atoms with van der Waals surface area (Å²) in [6.45, 7) is 4.28. The van der Waals surface area contributed by atoms with E-state index in [2.05, 4.69) is 10.3 Å². The second-order valence-electron chi connectivity index (χ2n) is 4.72. The van der Waals surface area contributed by atoms with Crippen LogP contribution in [0.1, 0.15) is 17.6 Å². The maximum Gasteiger partial charge on any atom is 0.226 e. The van der Waals surface area contributed by atoms with E-state index in [0.717, 1.165) is 16.5 Å². The number of ether oxygens (including phenoxy) is 1. The lowest BCUT2D eigenvalue weighted by atomic mass is 10.3. The average molecular weight is 325 g/mol. The molecule has 0 unspecified atom stereocenters. The van der Waals surface area contributed by atoms with E-state index in [4.69, 9.17) is 16.3 Å². The second-order valence-corrected chi connectivity index (χ2v) is 6.22. The number of benzene rings is 1. The van der Waals surface area contributed by atoms with Gasteiger partial charge in [0.2, 0.25) is 5.91 Å². The number of rotatable bonds is 6. The minimum Gasteiger partial charge on any atom is -0.489 e. The van der Waals surface area contributed by atoms with E-state index in [1.807, 2.05) is 19.2 Å². The van der Waals surface area contributed by atoms with Crippen molar-refractivity contribution in [1.82, 2.24) is 10.3 Å². The Labute approximate surface area is 133 Å². The molecule has 0 aliphatic rings. The monoisotopic (exact) mass is 324 g/mol. The standard InChI is InChI=1S/C15H17ClN2O2S/c1-10(20-14-5-3-12(16)4-6-14)8-17-15(19)7-13-9-21-11(2)18-13/h3-6,9-10H,7-8H2,1-2H3,(H,17,19)/t10-/m1/s1. The first-order chi connectivity index (χ1) is 10.0. The number of carbonyl (C=O) groups is 1. The largest absolute Gasteiger partial charge is 0.489 e. The highest BCUT2D eigenvalue weighted by molar-refractivity contribution is 7.09. The number of nitrogens with one attached hydrogen (secondary N) is 1. The summed E-state index contributed by atoms with van der Waals surface area (Å²) in [6, 6.07) is 7.15. The zero-order chi connectivity index (χ0) is 15.2. The predicted octanol–water partition coefficient (Wildman–Crippen LogP) is 3.23. The lowest BCUT2D eigenvalue weighted by Gasteiger charge is -2.15. The minimum atomic E-state index is -0.118. The van der Waals surface area contributed by atoms with Gasteiger partial charge in [0.1, 0.15) is 11.9 Å². The summed E-state index contributed by atoms with van der Waals surface area (Å²) in [5, 5.41) is 6.39. The van der Waals surface area contributed by atoms with Crippen LogP contribution < -0.4 is 10.1 Å². The molecule has 0 saturated heterocycles. The van der Waals surface area contributed by atoms with Crippen LogP contribution in [0.15, 0.2) is 29.6 Å². The molecule has 1 heterocycles. The Balaban J connectivity index is 1.74. The molecule has 0 fully saturated rings. The Hall–Kier alpha value is -1.59. The molecule has 0 aliphatic heterocycles. The smallest absolute Gasteiger partial charge is 0.226 e. The number of thiazole rings is 1. The van der Waals surface area contributed by atoms with Gasteiger partial charge in [-0.25, -0.2) is 4.98 Å². The highest BCUT2D eigenvalue weighted by Gasteiger charge is 2.09. The molecule has 1 aromatic carbocycles. The number of hydrogen-bond acceptors (Lipinski definition) is 4. The van der Waals surface area contributed by atoms with Crippen LogP contribution in [0.25, 0.3) is 0 Å². The van der Waals surface area contributed by atoms with Crippen LogP contribution in [-0.2, 0) is 11.2 Å². The highest BCUT2D eigenvalue weighted by atomic mass is 35.5. The van der Waals surface area contributed by atoms with E-state index >= 15 is 0 Å². The first-order valence-electron chi connectivity index (χ1n) is 6.63. The molecule has 21 heavy (non-hydrogen) atoms. The van der Waals surface area contributed by atoms with Crippen molar-refractivity contribution in [2.24, 2.45) is 0 Å². The topological polar surface area (TPSA) is 51.2 Å². The number of carbonyl (C=O) groups excluding carboxylic acids is 1. The molecule has 0 aliphatic carbocycles. The van der Waals surface area contributed by atoms with E-state index < -0.39 is 0 Å². The van der Waals surface area contributed by atoms with Crippen molar-refractivity contribution in [2.75, 3.05) is 6.54 Å². The van der Waals surface area contributed by atoms with Crippen LogP contribution in [0.4, 0.5) is 0 Å². The molecule has 0 saturated carbocycles. The van der Waals surface area contributed by atoms with E-state index in [-0.39, 0.29) is 12.0 Å². The van der Waals surface area contributed by atoms with Crippen LogP contribution in [0, 0.1) is 6.92 Å². The summed E-state index contributed by atoms with van der Waals surface area (Å²) in [5.41, 5.74) is 0.807. The molecule has 4 nitrogen and oxygen atoms in total. The average Bonchev–Trinajstić information content (AvgIpc) is 2.84. The van der Waals surface area contributed by atoms with Gasteiger partial charge >= 0.3 is 0 Å². The first kappa shape index (κ1) is 15.8. The summed E-state index contributed by atoms with van der Waals surface area (Å²) < 4.78 is 5.69. The number of aromatic nitrogens is 1. The number of nitrogens with zero attached hydrogens (tertiary/aromatic N) is 1. The van der Waals surface area contributed by atoms with Crippen molar-refractivity contribution in [2.45, 2.75) is 26.4 Å². The number of halogens is 1. The minimum absolute atomic E-state index is 0.0492. The fraction of sp³-hybridized carbons (Fsp3) is 0.333. The van der Waals surface area contributed by atoms with Gasteiger partial charge < -0.3 is 10.1 Å². The quantitative estimate of drug-likeness (QED) is 0.887. The molecule has 2 aromatic rings. The van der Waals surface area contributed by atoms with Crippen molar-refractivity contribution in [1.29, 1.82) is 0 Å². The predicted molar refractivity (Wildman–Crippen MR) is 85.1 cm³/mol. The van der Waals surface area contributed by atoms with E-state index in [9.17, 15) is 4.79 Å². The SMILES string of the molecule is Cc1nc(CC(=O)NC[C@@H](C)Oc2ccc(Cl)cc2)cs1. The Bertz CT molecular complexity index is 598. The van der Waals surface area contributed by atoms with Crippen LogP contribution in [0.5, 0.6) is 5.75 Å². The Kier molecular flexibility index (Phi) is 5.59. The third kappa shape index (κ3) is 5.36. The second kappa shape index (κ2) is 7.43. The fourth-order valence-electron chi connectivity index (χ4n) is 1.76. The molecule has 1 aromatic heterocycles. The fourth-order valence-corrected chi connectivity index (χ4v) is 2.50. The summed E-state index contributed by atoms with van der Waals surface area (Å²) in [4.78, 5) is 16.1. The van der Waals surface area contributed by atoms with Gasteiger partial charge in [0.15, 0.2) is 0 Å². The normalized spacial score (nSPS) is 12.0. The first-order valence-corrected chi connectivity index (χ1v) is 7.88. The van der Waals surface area contributed by atoms with Crippen LogP contribution in [0.2, 0.25) is 5.02 Å². The molecular formula is C15H17ClN2O2S. The van der Waals surface area contributed by atoms with Gasteiger partial charge in [-0.2, -0.15) is 0 Å². The maximum atomic E-state index is 11.8. The number of amides is 1. The van der Waals surface area contributed by atoms with Crippen molar-refractivity contribution in [3.05, 3.63) is 45.4 Å². The molecular weight excluding hydrogens is 308 g/mol. The molecule has 0 radical (unpaired) electrons. The van der Waals surface area contributed by atoms with Crippen LogP contribution in [-0.4, -0.2) is 23.5 Å².